The molecule has 298 valence electrons. The molecule has 8 heteroatoms. The molecular weight excluding hydrogens is 773 g/mol. The van der Waals surface area contributed by atoms with Crippen molar-refractivity contribution in [1.82, 2.24) is 0 Å². The minimum atomic E-state index is 0.225. The van der Waals surface area contributed by atoms with Gasteiger partial charge in [-0.2, -0.15) is 0 Å². The highest BCUT2D eigenvalue weighted by Crippen LogP contribution is 2.46. The largest absolute Gasteiger partial charge is 0.454 e. The number of furan rings is 2. The molecule has 62 heavy (non-hydrogen) atoms. The Labute approximate surface area is 355 Å². The number of aryl methyl sites for hydroxylation is 2. The predicted molar refractivity (Wildman–Crippen MR) is 247 cm³/mol. The lowest BCUT2D eigenvalue weighted by Gasteiger charge is -2.27. The number of anilines is 6. The fourth-order valence-corrected chi connectivity index (χ4v) is 9.34. The van der Waals surface area contributed by atoms with Crippen LogP contribution in [0.25, 0.3) is 65.4 Å². The van der Waals surface area contributed by atoms with Gasteiger partial charge in [-0.1, -0.05) is 48.5 Å². The van der Waals surface area contributed by atoms with E-state index in [0.29, 0.717) is 0 Å². The summed E-state index contributed by atoms with van der Waals surface area (Å²) in [5.74, 6) is 2.99. The molecule has 0 aliphatic carbocycles. The molecule has 0 unspecified atom stereocenters. The molecule has 0 bridgehead atoms. The first-order valence-corrected chi connectivity index (χ1v) is 20.7. The van der Waals surface area contributed by atoms with Gasteiger partial charge in [0, 0.05) is 56.4 Å². The SMILES string of the molecule is Cc1ccccc1N(c1ccc2c(c1)OCO2)c1ccc2cc3c(cc2c1)oc1c3ccc2c3cc4ccc(N(c5ccc6c(c5)OCO6)c5ccccc5C)cc4cc3oc21. The Morgan fingerprint density at radius 2 is 0.774 bits per heavy atom. The highest BCUT2D eigenvalue weighted by molar-refractivity contribution is 6.21. The fourth-order valence-electron chi connectivity index (χ4n) is 9.34. The van der Waals surface area contributed by atoms with Crippen molar-refractivity contribution in [3.8, 4) is 23.0 Å². The number of benzene rings is 9. The minimum absolute atomic E-state index is 0.225. The first kappa shape index (κ1) is 34.7. The lowest BCUT2D eigenvalue weighted by atomic mass is 10.0. The lowest BCUT2D eigenvalue weighted by molar-refractivity contribution is 0.173. The van der Waals surface area contributed by atoms with Crippen molar-refractivity contribution < 1.29 is 27.8 Å². The molecule has 13 rings (SSSR count). The molecule has 0 fully saturated rings. The first-order chi connectivity index (χ1) is 30.5. The van der Waals surface area contributed by atoms with Crippen LogP contribution in [0, 0.1) is 13.8 Å². The van der Waals surface area contributed by atoms with Crippen molar-refractivity contribution in [2.45, 2.75) is 13.8 Å². The average Bonchev–Trinajstić information content (AvgIpc) is 4.11. The summed E-state index contributed by atoms with van der Waals surface area (Å²) in [5.41, 5.74) is 11.6. The maximum atomic E-state index is 6.77. The number of nitrogens with zero attached hydrogens (tertiary/aromatic N) is 2. The second-order valence-electron chi connectivity index (χ2n) is 16.1. The Kier molecular flexibility index (Phi) is 7.39. The quantitative estimate of drug-likeness (QED) is 0.164. The molecule has 8 nitrogen and oxygen atoms in total. The van der Waals surface area contributed by atoms with Gasteiger partial charge in [0.1, 0.15) is 11.2 Å². The minimum Gasteiger partial charge on any atom is -0.454 e. The number of para-hydroxylation sites is 2. The van der Waals surface area contributed by atoms with Gasteiger partial charge in [0.05, 0.1) is 11.4 Å². The van der Waals surface area contributed by atoms with Gasteiger partial charge >= 0.3 is 0 Å². The molecule has 9 aromatic carbocycles. The highest BCUT2D eigenvalue weighted by Gasteiger charge is 2.23. The van der Waals surface area contributed by atoms with E-state index in [4.69, 9.17) is 27.8 Å². The van der Waals surface area contributed by atoms with Crippen LogP contribution in [0.4, 0.5) is 34.1 Å². The Balaban J connectivity index is 0.923. The lowest BCUT2D eigenvalue weighted by Crippen LogP contribution is -2.11. The molecule has 0 saturated heterocycles. The summed E-state index contributed by atoms with van der Waals surface area (Å²) in [5, 5.41) is 8.49. The molecule has 0 atom stereocenters. The van der Waals surface area contributed by atoms with Crippen molar-refractivity contribution >= 4 is 99.5 Å². The second-order valence-corrected chi connectivity index (χ2v) is 16.1. The first-order valence-electron chi connectivity index (χ1n) is 20.7. The predicted octanol–water partition coefficient (Wildman–Crippen LogP) is 14.8. The summed E-state index contributed by atoms with van der Waals surface area (Å²) in [7, 11) is 0. The monoisotopic (exact) mass is 808 g/mol. The number of ether oxygens (including phenoxy) is 4. The summed E-state index contributed by atoms with van der Waals surface area (Å²) in [6.07, 6.45) is 0. The van der Waals surface area contributed by atoms with Crippen LogP contribution in [-0.2, 0) is 0 Å². The van der Waals surface area contributed by atoms with E-state index in [0.717, 1.165) is 134 Å². The third-order valence-corrected chi connectivity index (χ3v) is 12.4. The van der Waals surface area contributed by atoms with Crippen LogP contribution in [0.2, 0.25) is 0 Å². The fraction of sp³-hybridized carbons (Fsp3) is 0.0741. The van der Waals surface area contributed by atoms with E-state index in [9.17, 15) is 0 Å². The third-order valence-electron chi connectivity index (χ3n) is 12.4. The molecule has 0 saturated carbocycles. The van der Waals surface area contributed by atoms with E-state index in [1.54, 1.807) is 0 Å². The molecule has 11 aromatic rings. The molecule has 2 aliphatic heterocycles. The van der Waals surface area contributed by atoms with E-state index in [2.05, 4.69) is 157 Å². The number of hydrogen-bond donors (Lipinski definition) is 0. The van der Waals surface area contributed by atoms with Gasteiger partial charge in [0.25, 0.3) is 0 Å². The van der Waals surface area contributed by atoms with Crippen LogP contribution in [0.1, 0.15) is 11.1 Å². The van der Waals surface area contributed by atoms with Crippen molar-refractivity contribution in [3.63, 3.8) is 0 Å². The molecule has 0 N–H and O–H groups in total. The summed E-state index contributed by atoms with van der Waals surface area (Å²) >= 11 is 0. The van der Waals surface area contributed by atoms with Crippen molar-refractivity contribution in [1.29, 1.82) is 0 Å². The molecule has 0 spiro atoms. The van der Waals surface area contributed by atoms with Gasteiger partial charge in [0.15, 0.2) is 34.2 Å². The van der Waals surface area contributed by atoms with E-state index in [1.807, 2.05) is 24.3 Å². The Hall–Kier alpha value is -8.10. The van der Waals surface area contributed by atoms with Gasteiger partial charge in [-0.25, -0.2) is 0 Å². The van der Waals surface area contributed by atoms with Crippen molar-refractivity contribution in [2.75, 3.05) is 23.4 Å². The Morgan fingerprint density at radius 1 is 0.355 bits per heavy atom. The molecule has 2 aromatic heterocycles. The van der Waals surface area contributed by atoms with Gasteiger partial charge in [-0.3, -0.25) is 0 Å². The normalized spacial score (nSPS) is 13.1. The maximum Gasteiger partial charge on any atom is 0.231 e. The standard InChI is InChI=1S/C54H36N2O6/c1-31-7-3-5-9-45(31)55(39-15-19-47-51(27-39)59-29-57-47)37-13-11-33-23-43-41-17-18-42-44-24-34-12-14-38(22-36(34)26-50(44)62-54(42)53(41)61-49(43)25-35(33)21-37)56(46-10-6-4-8-32(46)2)40-16-20-48-52(28-40)60-30-58-48/h3-28H,29-30H2,1-2H3. The van der Waals surface area contributed by atoms with Gasteiger partial charge < -0.3 is 37.6 Å². The summed E-state index contributed by atoms with van der Waals surface area (Å²) in [6.45, 7) is 4.72. The topological polar surface area (TPSA) is 69.7 Å². The summed E-state index contributed by atoms with van der Waals surface area (Å²) in [4.78, 5) is 4.53. The van der Waals surface area contributed by atoms with Crippen LogP contribution < -0.4 is 28.7 Å². The molecular formula is C54H36N2O6. The summed E-state index contributed by atoms with van der Waals surface area (Å²) < 4.78 is 36.4. The zero-order valence-electron chi connectivity index (χ0n) is 33.8. The number of fused-ring (bicyclic) bond motifs is 11. The van der Waals surface area contributed by atoms with E-state index >= 15 is 0 Å². The van der Waals surface area contributed by atoms with Crippen molar-refractivity contribution in [2.24, 2.45) is 0 Å². The number of hydrogen-bond acceptors (Lipinski definition) is 8. The van der Waals surface area contributed by atoms with Gasteiger partial charge in [-0.15, -0.1) is 0 Å². The summed E-state index contributed by atoms with van der Waals surface area (Å²) in [6, 6.07) is 55.3. The third kappa shape index (κ3) is 5.33. The van der Waals surface area contributed by atoms with Crippen LogP contribution in [0.3, 0.4) is 0 Å². The van der Waals surface area contributed by atoms with E-state index in [1.165, 1.54) is 0 Å². The number of rotatable bonds is 6. The van der Waals surface area contributed by atoms with Crippen LogP contribution in [-0.4, -0.2) is 13.6 Å². The smallest absolute Gasteiger partial charge is 0.231 e. The van der Waals surface area contributed by atoms with Gasteiger partial charge in [-0.05, 0) is 144 Å². The second kappa shape index (κ2) is 13.2. The van der Waals surface area contributed by atoms with Crippen LogP contribution >= 0.6 is 0 Å². The zero-order chi connectivity index (χ0) is 41.1. The Morgan fingerprint density at radius 3 is 1.24 bits per heavy atom. The van der Waals surface area contributed by atoms with Crippen LogP contribution in [0.5, 0.6) is 23.0 Å². The molecule has 0 amide bonds. The Bertz CT molecular complexity index is 3420. The maximum absolute atomic E-state index is 6.77. The molecule has 0 radical (unpaired) electrons. The molecule has 4 heterocycles. The molecule has 2 aliphatic rings. The van der Waals surface area contributed by atoms with Crippen molar-refractivity contribution in [3.05, 3.63) is 169 Å². The zero-order valence-corrected chi connectivity index (χ0v) is 33.8. The van der Waals surface area contributed by atoms with Crippen LogP contribution in [0.15, 0.2) is 167 Å². The van der Waals surface area contributed by atoms with E-state index in [-0.39, 0.29) is 13.6 Å². The highest BCUT2D eigenvalue weighted by atomic mass is 16.7. The van der Waals surface area contributed by atoms with E-state index < -0.39 is 0 Å². The van der Waals surface area contributed by atoms with Gasteiger partial charge in [0.2, 0.25) is 13.6 Å². The average molecular weight is 809 g/mol.